The number of hydrogen-bond donors (Lipinski definition) is 2. The van der Waals surface area contributed by atoms with Gasteiger partial charge in [-0.2, -0.15) is 0 Å². The third-order valence-electron chi connectivity index (χ3n) is 3.19. The van der Waals surface area contributed by atoms with E-state index in [2.05, 4.69) is 0 Å². The minimum absolute atomic E-state index is 0.0486. The van der Waals surface area contributed by atoms with Gasteiger partial charge in [0.2, 0.25) is 5.91 Å². The molecular weight excluding hydrogens is 204 g/mol. The van der Waals surface area contributed by atoms with Gasteiger partial charge in [0.05, 0.1) is 11.6 Å². The summed E-state index contributed by atoms with van der Waals surface area (Å²) in [5.41, 5.74) is 4.95. The number of rotatable bonds is 1. The van der Waals surface area contributed by atoms with Crippen molar-refractivity contribution in [1.82, 2.24) is 4.90 Å². The van der Waals surface area contributed by atoms with Gasteiger partial charge in [-0.05, 0) is 25.2 Å². The second kappa shape index (κ2) is 4.34. The van der Waals surface area contributed by atoms with E-state index in [0.29, 0.717) is 13.1 Å². The van der Waals surface area contributed by atoms with Crippen LogP contribution in [-0.2, 0) is 4.79 Å². The van der Waals surface area contributed by atoms with E-state index >= 15 is 0 Å². The first-order chi connectivity index (χ1) is 7.13. The van der Waals surface area contributed by atoms with E-state index in [1.165, 1.54) is 0 Å². The van der Waals surface area contributed by atoms with Crippen LogP contribution >= 0.6 is 0 Å². The highest BCUT2D eigenvalue weighted by Gasteiger charge is 2.36. The smallest absolute Gasteiger partial charge is 0.240 e. The van der Waals surface area contributed by atoms with E-state index in [9.17, 15) is 9.90 Å². The molecule has 0 radical (unpaired) electrons. The minimum atomic E-state index is -0.758. The third kappa shape index (κ3) is 3.19. The average molecular weight is 228 g/mol. The van der Waals surface area contributed by atoms with Crippen molar-refractivity contribution >= 4 is 5.91 Å². The van der Waals surface area contributed by atoms with Crippen LogP contribution in [0.3, 0.4) is 0 Å². The molecule has 0 aromatic rings. The lowest BCUT2D eigenvalue weighted by atomic mass is 9.85. The van der Waals surface area contributed by atoms with Gasteiger partial charge >= 0.3 is 0 Å². The Kier molecular flexibility index (Phi) is 3.65. The predicted octanol–water partition coefficient (Wildman–Crippen LogP) is 0.733. The Morgan fingerprint density at radius 2 is 2.06 bits per heavy atom. The van der Waals surface area contributed by atoms with Gasteiger partial charge in [-0.1, -0.05) is 20.8 Å². The van der Waals surface area contributed by atoms with Crippen LogP contribution in [0.25, 0.3) is 0 Å². The van der Waals surface area contributed by atoms with Gasteiger partial charge in [0.15, 0.2) is 0 Å². The summed E-state index contributed by atoms with van der Waals surface area (Å²) in [6.07, 6.45) is 1.59. The number of amides is 1. The summed E-state index contributed by atoms with van der Waals surface area (Å²) >= 11 is 0. The summed E-state index contributed by atoms with van der Waals surface area (Å²) in [6, 6.07) is -0.499. The fraction of sp³-hybridized carbons (Fsp3) is 0.917. The Labute approximate surface area is 97.8 Å². The van der Waals surface area contributed by atoms with Crippen molar-refractivity contribution in [3.05, 3.63) is 0 Å². The molecule has 1 unspecified atom stereocenters. The van der Waals surface area contributed by atoms with Crippen molar-refractivity contribution in [1.29, 1.82) is 0 Å². The Morgan fingerprint density at radius 3 is 2.50 bits per heavy atom. The fourth-order valence-electron chi connectivity index (χ4n) is 1.98. The first kappa shape index (κ1) is 13.5. The number of likely N-dealkylation sites (tertiary alicyclic amines) is 1. The molecule has 0 bridgehead atoms. The average Bonchev–Trinajstić information content (AvgIpc) is 2.12. The van der Waals surface area contributed by atoms with Gasteiger partial charge in [-0.15, -0.1) is 0 Å². The normalized spacial score (nSPS) is 29.0. The molecule has 0 spiro atoms. The van der Waals surface area contributed by atoms with Crippen LogP contribution in [0.5, 0.6) is 0 Å². The van der Waals surface area contributed by atoms with Crippen LogP contribution in [0.4, 0.5) is 0 Å². The number of carbonyl (C=O) groups excluding carboxylic acids is 1. The molecule has 4 heteroatoms. The molecule has 1 aliphatic heterocycles. The topological polar surface area (TPSA) is 66.6 Å². The Bertz CT molecular complexity index is 269. The predicted molar refractivity (Wildman–Crippen MR) is 63.9 cm³/mol. The maximum Gasteiger partial charge on any atom is 0.240 e. The minimum Gasteiger partial charge on any atom is -0.388 e. The number of hydrogen-bond acceptors (Lipinski definition) is 3. The van der Waals surface area contributed by atoms with Crippen molar-refractivity contribution in [2.24, 2.45) is 11.1 Å². The van der Waals surface area contributed by atoms with E-state index in [1.54, 1.807) is 11.8 Å². The highest BCUT2D eigenvalue weighted by atomic mass is 16.3. The standard InChI is InChI=1S/C12H24N2O2/c1-11(2,3)9(13)10(15)14-7-5-6-12(4,16)8-14/h9,16H,5-8,13H2,1-4H3/t9-,12?/m0/s1. The zero-order valence-electron chi connectivity index (χ0n) is 10.8. The lowest BCUT2D eigenvalue weighted by Crippen LogP contribution is -2.56. The summed E-state index contributed by atoms with van der Waals surface area (Å²) < 4.78 is 0. The van der Waals surface area contributed by atoms with Crippen LogP contribution in [0.2, 0.25) is 0 Å². The van der Waals surface area contributed by atoms with E-state index < -0.39 is 11.6 Å². The van der Waals surface area contributed by atoms with Gasteiger partial charge in [-0.25, -0.2) is 0 Å². The van der Waals surface area contributed by atoms with Crippen molar-refractivity contribution in [3.8, 4) is 0 Å². The molecule has 2 atom stereocenters. The van der Waals surface area contributed by atoms with Crippen molar-refractivity contribution in [2.45, 2.75) is 52.2 Å². The summed E-state index contributed by atoms with van der Waals surface area (Å²) in [7, 11) is 0. The molecule has 1 aliphatic rings. The molecule has 94 valence electrons. The largest absolute Gasteiger partial charge is 0.388 e. The summed E-state index contributed by atoms with van der Waals surface area (Å²) in [4.78, 5) is 13.8. The van der Waals surface area contributed by atoms with E-state index in [4.69, 9.17) is 5.73 Å². The quantitative estimate of drug-likeness (QED) is 0.695. The maximum atomic E-state index is 12.1. The summed E-state index contributed by atoms with van der Waals surface area (Å²) in [5.74, 6) is -0.0486. The van der Waals surface area contributed by atoms with Crippen molar-refractivity contribution < 1.29 is 9.90 Å². The van der Waals surface area contributed by atoms with Gasteiger partial charge in [-0.3, -0.25) is 4.79 Å². The second-order valence-electron chi connectivity index (χ2n) is 6.20. The zero-order chi connectivity index (χ0) is 12.6. The molecule has 0 saturated carbocycles. The number of nitrogens with zero attached hydrogens (tertiary/aromatic N) is 1. The van der Waals surface area contributed by atoms with Crippen LogP contribution in [0.15, 0.2) is 0 Å². The van der Waals surface area contributed by atoms with Gasteiger partial charge in [0.1, 0.15) is 0 Å². The highest BCUT2D eigenvalue weighted by molar-refractivity contribution is 5.82. The molecular formula is C12H24N2O2. The molecule has 1 heterocycles. The molecule has 0 aliphatic carbocycles. The number of aliphatic hydroxyl groups is 1. The van der Waals surface area contributed by atoms with Gasteiger partial charge < -0.3 is 15.7 Å². The molecule has 16 heavy (non-hydrogen) atoms. The molecule has 0 aromatic carbocycles. The number of piperidine rings is 1. The monoisotopic (exact) mass is 228 g/mol. The van der Waals surface area contributed by atoms with E-state index in [-0.39, 0.29) is 11.3 Å². The number of nitrogens with two attached hydrogens (primary N) is 1. The van der Waals surface area contributed by atoms with Crippen LogP contribution in [-0.4, -0.2) is 40.6 Å². The van der Waals surface area contributed by atoms with Crippen molar-refractivity contribution in [2.75, 3.05) is 13.1 Å². The lowest BCUT2D eigenvalue weighted by Gasteiger charge is -2.39. The van der Waals surface area contributed by atoms with Crippen molar-refractivity contribution in [3.63, 3.8) is 0 Å². The Morgan fingerprint density at radius 1 is 1.50 bits per heavy atom. The molecule has 4 nitrogen and oxygen atoms in total. The Hall–Kier alpha value is -0.610. The molecule has 1 saturated heterocycles. The van der Waals surface area contributed by atoms with Crippen LogP contribution in [0, 0.1) is 5.41 Å². The Balaban J connectivity index is 2.68. The molecule has 0 aromatic heterocycles. The zero-order valence-corrected chi connectivity index (χ0v) is 10.8. The fourth-order valence-corrected chi connectivity index (χ4v) is 1.98. The van der Waals surface area contributed by atoms with E-state index in [0.717, 1.165) is 12.8 Å². The summed E-state index contributed by atoms with van der Waals surface area (Å²) in [6.45, 7) is 8.75. The van der Waals surface area contributed by atoms with Crippen LogP contribution in [0.1, 0.15) is 40.5 Å². The van der Waals surface area contributed by atoms with Gasteiger partial charge in [0, 0.05) is 13.1 Å². The first-order valence-corrected chi connectivity index (χ1v) is 5.90. The van der Waals surface area contributed by atoms with E-state index in [1.807, 2.05) is 20.8 Å². The third-order valence-corrected chi connectivity index (χ3v) is 3.19. The second-order valence-corrected chi connectivity index (χ2v) is 6.20. The number of carbonyl (C=O) groups is 1. The molecule has 3 N–H and O–H groups in total. The molecule has 1 rings (SSSR count). The van der Waals surface area contributed by atoms with Crippen LogP contribution < -0.4 is 5.73 Å². The number of β-amino-alcohol motifs (C(OH)–C–C–N with tert-alkyl or cyclic N) is 1. The highest BCUT2D eigenvalue weighted by Crippen LogP contribution is 2.24. The maximum absolute atomic E-state index is 12.1. The summed E-state index contributed by atoms with van der Waals surface area (Å²) in [5, 5.41) is 9.94. The lowest BCUT2D eigenvalue weighted by molar-refractivity contribution is -0.141. The van der Waals surface area contributed by atoms with Gasteiger partial charge in [0.25, 0.3) is 0 Å². The molecule has 1 amide bonds. The first-order valence-electron chi connectivity index (χ1n) is 5.90. The SMILES string of the molecule is CC1(O)CCCN(C(=O)[C@H](N)C(C)(C)C)C1. The molecule has 1 fully saturated rings.